The van der Waals surface area contributed by atoms with Crippen LogP contribution in [0.2, 0.25) is 0 Å². The lowest BCUT2D eigenvalue weighted by Gasteiger charge is -2.12. The van der Waals surface area contributed by atoms with E-state index in [9.17, 15) is 21.6 Å². The summed E-state index contributed by atoms with van der Waals surface area (Å²) >= 11 is 0. The van der Waals surface area contributed by atoms with Crippen LogP contribution in [0, 0.1) is 6.92 Å². The van der Waals surface area contributed by atoms with E-state index in [1.165, 1.54) is 19.2 Å². The minimum absolute atomic E-state index is 0.0991. The van der Waals surface area contributed by atoms with Crippen molar-refractivity contribution >= 4 is 32.4 Å². The quantitative estimate of drug-likeness (QED) is 0.420. The number of methoxy groups -OCH3 is 1. The first-order valence-electron chi connectivity index (χ1n) is 9.87. The predicted molar refractivity (Wildman–Crippen MR) is 119 cm³/mol. The van der Waals surface area contributed by atoms with Crippen LogP contribution in [0.5, 0.6) is 0 Å². The van der Waals surface area contributed by atoms with Crippen LogP contribution >= 0.6 is 0 Å². The molecular weight excluding hydrogens is 471 g/mol. The minimum Gasteiger partial charge on any atom is -0.377 e. The molecular formula is C22H18F3N5O3S. The summed E-state index contributed by atoms with van der Waals surface area (Å²) in [6, 6.07) is 11.5. The molecule has 3 aromatic heterocycles. The highest BCUT2D eigenvalue weighted by molar-refractivity contribution is 7.92. The normalized spacial score (nSPS) is 12.1. The lowest BCUT2D eigenvalue weighted by molar-refractivity contribution is -0.0436. The summed E-state index contributed by atoms with van der Waals surface area (Å²) < 4.78 is 66.7. The van der Waals surface area contributed by atoms with Gasteiger partial charge in [-0.25, -0.2) is 23.4 Å². The Balaban J connectivity index is 1.74. The molecule has 1 aromatic carbocycles. The number of aryl methyl sites for hydroxylation is 1. The van der Waals surface area contributed by atoms with E-state index in [4.69, 9.17) is 4.74 Å². The second kappa shape index (κ2) is 8.95. The summed E-state index contributed by atoms with van der Waals surface area (Å²) in [5.41, 5.74) is -2.44. The van der Waals surface area contributed by atoms with Crippen molar-refractivity contribution < 1.29 is 26.3 Å². The van der Waals surface area contributed by atoms with Crippen molar-refractivity contribution in [2.75, 3.05) is 12.4 Å². The van der Waals surface area contributed by atoms with E-state index in [1.54, 1.807) is 18.3 Å². The highest BCUT2D eigenvalue weighted by Crippen LogP contribution is 2.32. The van der Waals surface area contributed by atoms with Crippen LogP contribution in [-0.4, -0.2) is 41.0 Å². The van der Waals surface area contributed by atoms with Gasteiger partial charge in [-0.2, -0.15) is 13.2 Å². The van der Waals surface area contributed by atoms with Crippen molar-refractivity contribution in [3.63, 3.8) is 0 Å². The monoisotopic (exact) mass is 489 g/mol. The fourth-order valence-electron chi connectivity index (χ4n) is 3.22. The zero-order chi connectivity index (χ0) is 24.5. The maximum Gasteiger partial charge on any atom is 0.501 e. The number of nitrogens with one attached hydrogen (secondary N) is 1. The van der Waals surface area contributed by atoms with Gasteiger partial charge >= 0.3 is 5.51 Å². The number of pyridine rings is 2. The molecule has 0 amide bonds. The third kappa shape index (κ3) is 4.54. The second-order valence-corrected chi connectivity index (χ2v) is 9.20. The molecule has 8 nitrogen and oxygen atoms in total. The molecule has 34 heavy (non-hydrogen) atoms. The van der Waals surface area contributed by atoms with Crippen molar-refractivity contribution in [1.82, 2.24) is 19.9 Å². The molecule has 1 N–H and O–H groups in total. The lowest BCUT2D eigenvalue weighted by Crippen LogP contribution is -2.23. The zero-order valence-electron chi connectivity index (χ0n) is 18.0. The number of rotatable bonds is 6. The number of benzene rings is 1. The Bertz CT molecular complexity index is 1460. The average molecular weight is 489 g/mol. The third-order valence-electron chi connectivity index (χ3n) is 4.86. The van der Waals surface area contributed by atoms with E-state index >= 15 is 0 Å². The summed E-state index contributed by atoms with van der Waals surface area (Å²) in [5.74, 6) is 0.663. The van der Waals surface area contributed by atoms with Gasteiger partial charge in [0, 0.05) is 19.0 Å². The summed E-state index contributed by atoms with van der Waals surface area (Å²) in [7, 11) is -3.95. The minimum atomic E-state index is -5.44. The van der Waals surface area contributed by atoms with Crippen LogP contribution in [0.25, 0.3) is 22.4 Å². The van der Waals surface area contributed by atoms with Gasteiger partial charge in [-0.1, -0.05) is 6.07 Å². The van der Waals surface area contributed by atoms with Gasteiger partial charge in [0.1, 0.15) is 12.4 Å². The maximum absolute atomic E-state index is 12.8. The fraction of sp³-hybridized carbons (Fsp3) is 0.182. The molecule has 0 aliphatic rings. The maximum atomic E-state index is 12.8. The highest BCUT2D eigenvalue weighted by atomic mass is 32.2. The zero-order valence-corrected chi connectivity index (χ0v) is 18.8. The third-order valence-corrected chi connectivity index (χ3v) is 6.37. The molecule has 0 aliphatic heterocycles. The van der Waals surface area contributed by atoms with E-state index in [1.807, 2.05) is 19.1 Å². The Morgan fingerprint density at radius 2 is 1.74 bits per heavy atom. The van der Waals surface area contributed by atoms with Crippen LogP contribution in [0.3, 0.4) is 0 Å². The number of halogens is 3. The summed E-state index contributed by atoms with van der Waals surface area (Å²) in [6.07, 6.45) is 1.67. The molecule has 0 bridgehead atoms. The molecule has 12 heteroatoms. The molecule has 4 aromatic rings. The first-order chi connectivity index (χ1) is 16.1. The number of ether oxygens (including phenoxy) is 1. The molecule has 0 spiro atoms. The first kappa shape index (κ1) is 23.5. The van der Waals surface area contributed by atoms with E-state index in [2.05, 4.69) is 25.3 Å². The number of hydrogen-bond donors (Lipinski definition) is 1. The van der Waals surface area contributed by atoms with Gasteiger partial charge in [0.15, 0.2) is 11.5 Å². The molecule has 0 saturated heterocycles. The molecule has 176 valence electrons. The number of sulfone groups is 1. The topological polar surface area (TPSA) is 107 Å². The van der Waals surface area contributed by atoms with Crippen molar-refractivity contribution in [3.8, 4) is 11.4 Å². The van der Waals surface area contributed by atoms with Gasteiger partial charge in [-0.15, -0.1) is 0 Å². The van der Waals surface area contributed by atoms with Crippen LogP contribution in [0.15, 0.2) is 59.6 Å². The van der Waals surface area contributed by atoms with Crippen LogP contribution < -0.4 is 5.32 Å². The fourth-order valence-corrected chi connectivity index (χ4v) is 3.98. The van der Waals surface area contributed by atoms with E-state index in [0.29, 0.717) is 39.8 Å². The second-order valence-electron chi connectivity index (χ2n) is 7.26. The van der Waals surface area contributed by atoms with Gasteiger partial charge in [0.05, 0.1) is 21.7 Å². The van der Waals surface area contributed by atoms with Crippen LogP contribution in [0.1, 0.15) is 11.4 Å². The molecule has 0 fully saturated rings. The Morgan fingerprint density at radius 3 is 2.38 bits per heavy atom. The number of nitrogens with zero attached hydrogens (tertiary/aromatic N) is 4. The first-order valence-corrected chi connectivity index (χ1v) is 11.4. The summed E-state index contributed by atoms with van der Waals surface area (Å²) in [4.78, 5) is 17.0. The molecule has 4 rings (SSSR count). The number of hydrogen-bond acceptors (Lipinski definition) is 8. The molecule has 0 unspecified atom stereocenters. The van der Waals surface area contributed by atoms with Crippen LogP contribution in [0.4, 0.5) is 24.7 Å². The smallest absolute Gasteiger partial charge is 0.377 e. The Hall–Kier alpha value is -3.64. The number of anilines is 2. The van der Waals surface area contributed by atoms with Gasteiger partial charge in [-0.3, -0.25) is 4.98 Å². The van der Waals surface area contributed by atoms with Crippen molar-refractivity contribution in [3.05, 3.63) is 66.1 Å². The number of alkyl halides is 3. The van der Waals surface area contributed by atoms with Crippen LogP contribution in [-0.2, 0) is 21.2 Å². The molecule has 0 saturated carbocycles. The SMILES string of the molecule is COCc1nc(Nc2ccc(S(=O)(=O)C(F)(F)F)cc2)c2ccc(-c3ncccc3C)nc2n1. The molecule has 0 atom stereocenters. The number of fused-ring (bicyclic) bond motifs is 1. The molecule has 3 heterocycles. The van der Waals surface area contributed by atoms with E-state index < -0.39 is 20.2 Å². The number of aromatic nitrogens is 4. The molecule has 0 aliphatic carbocycles. The lowest BCUT2D eigenvalue weighted by atomic mass is 10.1. The Labute approximate surface area is 192 Å². The van der Waals surface area contributed by atoms with Crippen molar-refractivity contribution in [2.24, 2.45) is 0 Å². The standard InChI is InChI=1S/C22H18F3N5O3S/c1-13-4-3-11-26-19(13)17-10-9-16-20(29-18(12-33-2)30-21(16)28-17)27-14-5-7-15(8-6-14)34(31,32)22(23,24)25/h3-11H,12H2,1-2H3,(H,27,28,29,30). The Morgan fingerprint density at radius 1 is 1.00 bits per heavy atom. The summed E-state index contributed by atoms with van der Waals surface area (Å²) in [5, 5.41) is 3.54. The van der Waals surface area contributed by atoms with Crippen molar-refractivity contribution in [1.29, 1.82) is 0 Å². The summed E-state index contributed by atoms with van der Waals surface area (Å²) in [6.45, 7) is 2.02. The van der Waals surface area contributed by atoms with Crippen molar-refractivity contribution in [2.45, 2.75) is 23.9 Å². The molecule has 0 radical (unpaired) electrons. The van der Waals surface area contributed by atoms with E-state index in [-0.39, 0.29) is 6.61 Å². The van der Waals surface area contributed by atoms with E-state index in [0.717, 1.165) is 17.7 Å². The predicted octanol–water partition coefficient (Wildman–Crippen LogP) is 4.58. The Kier molecular flexibility index (Phi) is 6.19. The van der Waals surface area contributed by atoms with Gasteiger partial charge in [-0.05, 0) is 55.0 Å². The van der Waals surface area contributed by atoms with Gasteiger partial charge in [0.2, 0.25) is 0 Å². The van der Waals surface area contributed by atoms with Gasteiger partial charge < -0.3 is 10.1 Å². The average Bonchev–Trinajstić information content (AvgIpc) is 2.79. The van der Waals surface area contributed by atoms with Gasteiger partial charge in [0.25, 0.3) is 9.84 Å². The largest absolute Gasteiger partial charge is 0.501 e. The highest BCUT2D eigenvalue weighted by Gasteiger charge is 2.46.